The second-order valence-corrected chi connectivity index (χ2v) is 10.4. The number of nitrogens with zero attached hydrogens (tertiary/aromatic N) is 1. The van der Waals surface area contributed by atoms with Gasteiger partial charge in [-0.3, -0.25) is 4.79 Å². The first-order chi connectivity index (χ1) is 14.7. The van der Waals surface area contributed by atoms with E-state index in [0.29, 0.717) is 16.7 Å². The Morgan fingerprint density at radius 3 is 2.65 bits per heavy atom. The van der Waals surface area contributed by atoms with Gasteiger partial charge in [-0.15, -0.1) is 11.3 Å². The van der Waals surface area contributed by atoms with E-state index in [1.54, 1.807) is 24.5 Å². The van der Waals surface area contributed by atoms with Crippen molar-refractivity contribution in [2.45, 2.75) is 57.0 Å². The highest BCUT2D eigenvalue weighted by Crippen LogP contribution is 2.50. The van der Waals surface area contributed by atoms with Crippen LogP contribution < -0.4 is 15.9 Å². The predicted molar refractivity (Wildman–Crippen MR) is 122 cm³/mol. The highest BCUT2D eigenvalue weighted by Gasteiger charge is 2.34. The van der Waals surface area contributed by atoms with Crippen LogP contribution in [0.2, 0.25) is 0 Å². The van der Waals surface area contributed by atoms with Crippen molar-refractivity contribution in [1.82, 2.24) is 4.57 Å². The molecule has 162 valence electrons. The first kappa shape index (κ1) is 20.3. The monoisotopic (exact) mass is 438 g/mol. The summed E-state index contributed by atoms with van der Waals surface area (Å²) >= 11 is 1.69. The molecule has 31 heavy (non-hydrogen) atoms. The van der Waals surface area contributed by atoms with Crippen LogP contribution in [0.5, 0.6) is 5.75 Å². The number of carbonyl (C=O) groups is 1. The fourth-order valence-electron chi connectivity index (χ4n) is 4.74. The van der Waals surface area contributed by atoms with Crippen LogP contribution in [-0.2, 0) is 5.41 Å². The van der Waals surface area contributed by atoms with E-state index in [9.17, 15) is 14.7 Å². The normalized spacial score (nSPS) is 19.9. The zero-order chi connectivity index (χ0) is 22.1. The largest absolute Gasteiger partial charge is 0.494 e. The number of benzene rings is 1. The minimum atomic E-state index is -1.20. The molecule has 0 amide bonds. The molecule has 6 nitrogen and oxygen atoms in total. The van der Waals surface area contributed by atoms with E-state index in [1.165, 1.54) is 16.6 Å². The van der Waals surface area contributed by atoms with Crippen molar-refractivity contribution in [3.63, 3.8) is 0 Å². The summed E-state index contributed by atoms with van der Waals surface area (Å²) in [6.45, 7) is 4.51. The number of aromatic nitrogens is 1. The molecule has 1 unspecified atom stereocenters. The van der Waals surface area contributed by atoms with Gasteiger partial charge in [0.05, 0.1) is 18.0 Å². The Kier molecular flexibility index (Phi) is 4.53. The van der Waals surface area contributed by atoms with Crippen molar-refractivity contribution in [2.75, 3.05) is 7.11 Å². The molecule has 1 saturated carbocycles. The van der Waals surface area contributed by atoms with Gasteiger partial charge in [-0.05, 0) is 54.9 Å². The van der Waals surface area contributed by atoms with Crippen LogP contribution in [-0.4, -0.2) is 22.8 Å². The molecule has 1 atom stereocenters. The fourth-order valence-corrected chi connectivity index (χ4v) is 6.13. The van der Waals surface area contributed by atoms with Gasteiger partial charge in [0.25, 0.3) is 0 Å². The first-order valence-electron chi connectivity index (χ1n) is 10.6. The molecule has 3 aromatic rings. The summed E-state index contributed by atoms with van der Waals surface area (Å²) in [4.78, 5) is 26.8. The number of pyridine rings is 1. The summed E-state index contributed by atoms with van der Waals surface area (Å²) in [5, 5.41) is 9.90. The Hall–Kier alpha value is -2.64. The topological polar surface area (TPSA) is 94.6 Å². The minimum absolute atomic E-state index is 0.0380. The summed E-state index contributed by atoms with van der Waals surface area (Å²) in [5.41, 5.74) is 8.70. The van der Waals surface area contributed by atoms with Crippen LogP contribution >= 0.6 is 11.3 Å². The maximum absolute atomic E-state index is 12.9. The van der Waals surface area contributed by atoms with Crippen LogP contribution in [0.3, 0.4) is 0 Å². The van der Waals surface area contributed by atoms with Crippen molar-refractivity contribution < 1.29 is 14.6 Å². The summed E-state index contributed by atoms with van der Waals surface area (Å²) in [7, 11) is 1.61. The second-order valence-electron chi connectivity index (χ2n) is 9.28. The SMILES string of the molecule is COc1c(-c2cc3c(s2)C(N)CCC3(C)C)ccc2c(=O)c(C(=O)O)cn(C3CC3)c12. The minimum Gasteiger partial charge on any atom is -0.494 e. The molecular formula is C24H26N2O4S. The molecule has 0 spiro atoms. The zero-order valence-corrected chi connectivity index (χ0v) is 18.7. The number of methoxy groups -OCH3 is 1. The number of hydrogen-bond donors (Lipinski definition) is 2. The maximum Gasteiger partial charge on any atom is 0.341 e. The van der Waals surface area contributed by atoms with Crippen LogP contribution in [0.15, 0.2) is 29.2 Å². The summed E-state index contributed by atoms with van der Waals surface area (Å²) in [6.07, 6.45) is 5.41. The van der Waals surface area contributed by atoms with Gasteiger partial charge >= 0.3 is 5.97 Å². The third-order valence-corrected chi connectivity index (χ3v) is 7.99. The van der Waals surface area contributed by atoms with Gasteiger partial charge in [-0.25, -0.2) is 4.79 Å². The van der Waals surface area contributed by atoms with Crippen molar-refractivity contribution in [3.8, 4) is 16.2 Å². The predicted octanol–water partition coefficient (Wildman–Crippen LogP) is 4.84. The summed E-state index contributed by atoms with van der Waals surface area (Å²) < 4.78 is 7.79. The number of hydrogen-bond acceptors (Lipinski definition) is 5. The quantitative estimate of drug-likeness (QED) is 0.608. The van der Waals surface area contributed by atoms with Crippen molar-refractivity contribution >= 4 is 28.2 Å². The Bertz CT molecular complexity index is 1280. The second kappa shape index (κ2) is 6.93. The van der Waals surface area contributed by atoms with E-state index >= 15 is 0 Å². The Morgan fingerprint density at radius 2 is 2.03 bits per heavy atom. The average molecular weight is 439 g/mol. The highest BCUT2D eigenvalue weighted by molar-refractivity contribution is 7.15. The van der Waals surface area contributed by atoms with E-state index < -0.39 is 11.4 Å². The van der Waals surface area contributed by atoms with Gasteiger partial charge in [-0.2, -0.15) is 0 Å². The molecule has 3 N–H and O–H groups in total. The van der Waals surface area contributed by atoms with Crippen molar-refractivity contribution in [3.05, 3.63) is 50.6 Å². The first-order valence-corrected chi connectivity index (χ1v) is 11.4. The van der Waals surface area contributed by atoms with Gasteiger partial charge < -0.3 is 20.1 Å². The van der Waals surface area contributed by atoms with Crippen molar-refractivity contribution in [1.29, 1.82) is 0 Å². The third kappa shape index (κ3) is 3.10. The van der Waals surface area contributed by atoms with Gasteiger partial charge in [0.15, 0.2) is 5.75 Å². The fraction of sp³-hybridized carbons (Fsp3) is 0.417. The molecule has 7 heteroatoms. The molecular weight excluding hydrogens is 412 g/mol. The van der Waals surface area contributed by atoms with Gasteiger partial charge in [0.2, 0.25) is 5.43 Å². The van der Waals surface area contributed by atoms with E-state index in [-0.39, 0.29) is 23.1 Å². The molecule has 2 aliphatic rings. The number of carboxylic acid groups (broad SMARTS) is 1. The number of ether oxygens (including phenoxy) is 1. The molecule has 0 radical (unpaired) electrons. The van der Waals surface area contributed by atoms with E-state index in [1.807, 2.05) is 10.6 Å². The molecule has 2 aliphatic carbocycles. The van der Waals surface area contributed by atoms with Crippen LogP contribution in [0.25, 0.3) is 21.3 Å². The standard InChI is InChI=1S/C24H26N2O4S/c1-24(2)9-8-17(25)22-16(24)10-18(31-22)13-6-7-14-19(21(13)30-3)26(12-4-5-12)11-15(20(14)27)23(28)29/h6-7,10-12,17H,4-5,8-9,25H2,1-3H3,(H,28,29). The number of fused-ring (bicyclic) bond motifs is 2. The number of aromatic carboxylic acids is 1. The number of thiophene rings is 1. The van der Waals surface area contributed by atoms with E-state index in [0.717, 1.165) is 36.1 Å². The number of nitrogens with two attached hydrogens (primary N) is 1. The van der Waals surface area contributed by atoms with E-state index in [4.69, 9.17) is 10.5 Å². The van der Waals surface area contributed by atoms with E-state index in [2.05, 4.69) is 19.9 Å². The lowest BCUT2D eigenvalue weighted by molar-refractivity contribution is 0.0695. The zero-order valence-electron chi connectivity index (χ0n) is 17.9. The smallest absolute Gasteiger partial charge is 0.341 e. The van der Waals surface area contributed by atoms with Gasteiger partial charge in [0.1, 0.15) is 5.56 Å². The lowest BCUT2D eigenvalue weighted by atomic mass is 9.74. The molecule has 1 fully saturated rings. The lowest BCUT2D eigenvalue weighted by Crippen LogP contribution is -2.27. The Balaban J connectivity index is 1.79. The molecule has 0 saturated heterocycles. The highest BCUT2D eigenvalue weighted by atomic mass is 32.1. The molecule has 0 bridgehead atoms. The van der Waals surface area contributed by atoms with Crippen LogP contribution in [0.4, 0.5) is 0 Å². The third-order valence-electron chi connectivity index (χ3n) is 6.69. The van der Waals surface area contributed by atoms with Crippen LogP contribution in [0.1, 0.15) is 72.4 Å². The maximum atomic E-state index is 12.9. The van der Waals surface area contributed by atoms with Gasteiger partial charge in [0, 0.05) is 33.6 Å². The Labute approximate surface area is 184 Å². The molecule has 5 rings (SSSR count). The number of rotatable bonds is 4. The molecule has 2 aromatic heterocycles. The summed E-state index contributed by atoms with van der Waals surface area (Å²) in [6, 6.07) is 6.06. The lowest BCUT2D eigenvalue weighted by Gasteiger charge is -2.32. The number of carboxylic acids is 1. The molecule has 0 aliphatic heterocycles. The average Bonchev–Trinajstić information content (AvgIpc) is 3.47. The molecule has 1 aromatic carbocycles. The van der Waals surface area contributed by atoms with Crippen LogP contribution in [0, 0.1) is 0 Å². The van der Waals surface area contributed by atoms with Gasteiger partial charge in [-0.1, -0.05) is 13.8 Å². The summed E-state index contributed by atoms with van der Waals surface area (Å²) in [5.74, 6) is -0.588. The Morgan fingerprint density at radius 1 is 1.29 bits per heavy atom. The molecule has 2 heterocycles. The van der Waals surface area contributed by atoms with Crippen molar-refractivity contribution in [2.24, 2.45) is 5.73 Å².